The van der Waals surface area contributed by atoms with E-state index in [1.54, 1.807) is 43.3 Å². The average Bonchev–Trinajstić information content (AvgIpc) is 3.26. The number of carbonyl (C=O) groups is 2. The molecule has 2 aromatic carbocycles. The van der Waals surface area contributed by atoms with Gasteiger partial charge in [0.15, 0.2) is 6.61 Å². The summed E-state index contributed by atoms with van der Waals surface area (Å²) in [5.41, 5.74) is 3.99. The first kappa shape index (κ1) is 19.4. The Labute approximate surface area is 163 Å². The molecule has 28 heavy (non-hydrogen) atoms. The van der Waals surface area contributed by atoms with Crippen LogP contribution < -0.4 is 10.2 Å². The van der Waals surface area contributed by atoms with E-state index in [0.717, 1.165) is 31.5 Å². The zero-order valence-electron chi connectivity index (χ0n) is 15.7. The highest BCUT2D eigenvalue weighted by Gasteiger charge is 2.18. The number of amides is 2. The number of phenols is 1. The zero-order valence-corrected chi connectivity index (χ0v) is 15.7. The number of nitrogens with one attached hydrogen (secondary N) is 1. The molecule has 146 valence electrons. The molecule has 7 nitrogen and oxygen atoms in total. The van der Waals surface area contributed by atoms with Crippen molar-refractivity contribution in [3.8, 4) is 11.5 Å². The van der Waals surface area contributed by atoms with Gasteiger partial charge in [0.25, 0.3) is 11.8 Å². The van der Waals surface area contributed by atoms with E-state index in [1.165, 1.54) is 12.1 Å². The number of rotatable bonds is 6. The molecule has 7 heteroatoms. The lowest BCUT2D eigenvalue weighted by molar-refractivity contribution is -0.132. The predicted molar refractivity (Wildman–Crippen MR) is 106 cm³/mol. The quantitative estimate of drug-likeness (QED) is 0.594. The first-order chi connectivity index (χ1) is 13.5. The lowest BCUT2D eigenvalue weighted by Gasteiger charge is -2.15. The van der Waals surface area contributed by atoms with Crippen LogP contribution in [0.3, 0.4) is 0 Å². The number of aromatic hydroxyl groups is 1. The molecule has 2 aromatic rings. The molecule has 2 amide bonds. The van der Waals surface area contributed by atoms with Crippen molar-refractivity contribution < 1.29 is 19.4 Å². The van der Waals surface area contributed by atoms with Gasteiger partial charge in [0, 0.05) is 13.1 Å². The highest BCUT2D eigenvalue weighted by Crippen LogP contribution is 2.16. The molecule has 0 unspecified atom stereocenters. The lowest BCUT2D eigenvalue weighted by Crippen LogP contribution is -2.32. The van der Waals surface area contributed by atoms with Crippen molar-refractivity contribution in [2.24, 2.45) is 5.10 Å². The molecule has 1 heterocycles. The molecule has 0 saturated carbocycles. The maximum absolute atomic E-state index is 12.1. The van der Waals surface area contributed by atoms with Crippen LogP contribution in [0.25, 0.3) is 0 Å². The highest BCUT2D eigenvalue weighted by atomic mass is 16.5. The third-order valence-electron chi connectivity index (χ3n) is 4.57. The standard InChI is InChI=1S/C21H23N3O4/c1-15(22-23-21(27)18-6-2-3-7-19(18)25)16-8-10-17(11-9-16)28-14-20(26)24-12-4-5-13-24/h2-3,6-11,25H,4-5,12-14H2,1H3,(H,23,27)/b22-15-. The Balaban J connectivity index is 1.54. The van der Waals surface area contributed by atoms with Gasteiger partial charge >= 0.3 is 0 Å². The molecule has 1 aliphatic heterocycles. The van der Waals surface area contributed by atoms with E-state index in [0.29, 0.717) is 11.5 Å². The number of carbonyl (C=O) groups excluding carboxylic acids is 2. The van der Waals surface area contributed by atoms with Crippen LogP contribution in [-0.4, -0.2) is 47.2 Å². The normalized spacial score (nSPS) is 14.0. The lowest BCUT2D eigenvalue weighted by atomic mass is 10.1. The summed E-state index contributed by atoms with van der Waals surface area (Å²) in [6, 6.07) is 13.4. The summed E-state index contributed by atoms with van der Waals surface area (Å²) in [5.74, 6) is 0.0178. The number of hydrogen-bond donors (Lipinski definition) is 2. The summed E-state index contributed by atoms with van der Waals surface area (Å²) in [6.07, 6.45) is 2.11. The van der Waals surface area contributed by atoms with Crippen LogP contribution in [-0.2, 0) is 4.79 Å². The summed E-state index contributed by atoms with van der Waals surface area (Å²) in [5, 5.41) is 13.8. The van der Waals surface area contributed by atoms with Gasteiger partial charge in [-0.25, -0.2) is 5.43 Å². The monoisotopic (exact) mass is 381 g/mol. The Bertz CT molecular complexity index is 871. The minimum Gasteiger partial charge on any atom is -0.507 e. The summed E-state index contributed by atoms with van der Waals surface area (Å²) < 4.78 is 5.56. The SMILES string of the molecule is C/C(=N/NC(=O)c1ccccc1O)c1ccc(OCC(=O)N2CCCC2)cc1. The van der Waals surface area contributed by atoms with Crippen LogP contribution in [0.1, 0.15) is 35.7 Å². The summed E-state index contributed by atoms with van der Waals surface area (Å²) in [6.45, 7) is 3.41. The van der Waals surface area contributed by atoms with E-state index >= 15 is 0 Å². The molecule has 0 radical (unpaired) electrons. The minimum atomic E-state index is -0.488. The van der Waals surface area contributed by atoms with E-state index in [4.69, 9.17) is 4.74 Å². The Kier molecular flexibility index (Phi) is 6.26. The van der Waals surface area contributed by atoms with Crippen LogP contribution in [0.4, 0.5) is 0 Å². The van der Waals surface area contributed by atoms with Gasteiger partial charge in [0.1, 0.15) is 11.5 Å². The Hall–Kier alpha value is -3.35. The van der Waals surface area contributed by atoms with Crippen molar-refractivity contribution in [3.05, 3.63) is 59.7 Å². The molecule has 0 atom stereocenters. The van der Waals surface area contributed by atoms with E-state index in [1.807, 2.05) is 4.90 Å². The molecule has 2 N–H and O–H groups in total. The number of nitrogens with zero attached hydrogens (tertiary/aromatic N) is 2. The summed E-state index contributed by atoms with van der Waals surface area (Å²) in [7, 11) is 0. The number of benzene rings is 2. The molecular weight excluding hydrogens is 358 g/mol. The van der Waals surface area contributed by atoms with Crippen molar-refractivity contribution in [1.82, 2.24) is 10.3 Å². The fourth-order valence-corrected chi connectivity index (χ4v) is 2.92. The van der Waals surface area contributed by atoms with Gasteiger partial charge in [-0.15, -0.1) is 0 Å². The van der Waals surface area contributed by atoms with Crippen LogP contribution >= 0.6 is 0 Å². The Morgan fingerprint density at radius 2 is 1.79 bits per heavy atom. The van der Waals surface area contributed by atoms with Gasteiger partial charge in [-0.2, -0.15) is 5.10 Å². The topological polar surface area (TPSA) is 91.2 Å². The van der Waals surface area contributed by atoms with Crippen LogP contribution in [0.2, 0.25) is 0 Å². The van der Waals surface area contributed by atoms with Crippen molar-refractivity contribution in [2.75, 3.05) is 19.7 Å². The largest absolute Gasteiger partial charge is 0.507 e. The third-order valence-corrected chi connectivity index (χ3v) is 4.57. The van der Waals surface area contributed by atoms with Crippen molar-refractivity contribution in [1.29, 1.82) is 0 Å². The number of ether oxygens (including phenoxy) is 1. The second-order valence-corrected chi connectivity index (χ2v) is 6.56. The summed E-state index contributed by atoms with van der Waals surface area (Å²) >= 11 is 0. The molecule has 1 aliphatic rings. The molecule has 0 spiro atoms. The molecule has 3 rings (SSSR count). The molecule has 1 fully saturated rings. The smallest absolute Gasteiger partial charge is 0.275 e. The second kappa shape index (κ2) is 9.03. The first-order valence-electron chi connectivity index (χ1n) is 9.18. The highest BCUT2D eigenvalue weighted by molar-refractivity contribution is 6.01. The zero-order chi connectivity index (χ0) is 19.9. The maximum Gasteiger partial charge on any atom is 0.275 e. The van der Waals surface area contributed by atoms with Crippen LogP contribution in [0.15, 0.2) is 53.6 Å². The Morgan fingerprint density at radius 1 is 1.11 bits per heavy atom. The van der Waals surface area contributed by atoms with Gasteiger partial charge in [0.05, 0.1) is 11.3 Å². The fraction of sp³-hybridized carbons (Fsp3) is 0.286. The third kappa shape index (κ3) is 4.88. The Morgan fingerprint density at radius 3 is 2.46 bits per heavy atom. The molecule has 0 aromatic heterocycles. The first-order valence-corrected chi connectivity index (χ1v) is 9.18. The van der Waals surface area contributed by atoms with Gasteiger partial charge < -0.3 is 14.7 Å². The van der Waals surface area contributed by atoms with Gasteiger partial charge in [-0.05, 0) is 61.7 Å². The van der Waals surface area contributed by atoms with Crippen molar-refractivity contribution >= 4 is 17.5 Å². The minimum absolute atomic E-state index is 0.00574. The van der Waals surface area contributed by atoms with E-state index < -0.39 is 5.91 Å². The van der Waals surface area contributed by atoms with Gasteiger partial charge in [-0.3, -0.25) is 9.59 Å². The van der Waals surface area contributed by atoms with E-state index in [2.05, 4.69) is 10.5 Å². The van der Waals surface area contributed by atoms with Crippen LogP contribution in [0.5, 0.6) is 11.5 Å². The second-order valence-electron chi connectivity index (χ2n) is 6.56. The average molecular weight is 381 g/mol. The number of likely N-dealkylation sites (tertiary alicyclic amines) is 1. The number of hydrogen-bond acceptors (Lipinski definition) is 5. The maximum atomic E-state index is 12.1. The molecule has 0 bridgehead atoms. The predicted octanol–water partition coefficient (Wildman–Crippen LogP) is 2.55. The van der Waals surface area contributed by atoms with E-state index in [9.17, 15) is 14.7 Å². The van der Waals surface area contributed by atoms with Crippen molar-refractivity contribution in [3.63, 3.8) is 0 Å². The molecule has 1 saturated heterocycles. The number of para-hydroxylation sites is 1. The van der Waals surface area contributed by atoms with Crippen molar-refractivity contribution in [2.45, 2.75) is 19.8 Å². The summed E-state index contributed by atoms with van der Waals surface area (Å²) in [4.78, 5) is 25.9. The van der Waals surface area contributed by atoms with Gasteiger partial charge in [-0.1, -0.05) is 12.1 Å². The van der Waals surface area contributed by atoms with Crippen LogP contribution in [0, 0.1) is 0 Å². The molecular formula is C21H23N3O4. The fourth-order valence-electron chi connectivity index (χ4n) is 2.92. The number of hydrazone groups is 1. The molecule has 0 aliphatic carbocycles. The van der Waals surface area contributed by atoms with E-state index in [-0.39, 0.29) is 23.8 Å². The number of phenolic OH excluding ortho intramolecular Hbond substituents is 1. The van der Waals surface area contributed by atoms with Gasteiger partial charge in [0.2, 0.25) is 0 Å².